The third kappa shape index (κ3) is 4.45. The van der Waals surface area contributed by atoms with Crippen LogP contribution in [0.15, 0.2) is 30.3 Å². The molecule has 0 N–H and O–H groups in total. The van der Waals surface area contributed by atoms with Gasteiger partial charge in [-0.1, -0.05) is 30.3 Å². The molecule has 0 spiro atoms. The fourth-order valence-corrected chi connectivity index (χ4v) is 1.91. The first kappa shape index (κ1) is 14.6. The van der Waals surface area contributed by atoms with Crippen LogP contribution in [-0.2, 0) is 4.74 Å². The molecule has 0 heterocycles. The first-order valence-corrected chi connectivity index (χ1v) is 6.59. The monoisotopic (exact) mass is 265 g/mol. The number of rotatable bonds is 6. The van der Waals surface area contributed by atoms with E-state index < -0.39 is 0 Å². The van der Waals surface area contributed by atoms with Gasteiger partial charge in [0.2, 0.25) is 0 Å². The average molecular weight is 265 g/mol. The van der Waals surface area contributed by atoms with E-state index in [-0.39, 0.29) is 5.78 Å². The van der Waals surface area contributed by atoms with Gasteiger partial charge in [-0.05, 0) is 26.1 Å². The van der Waals surface area contributed by atoms with Crippen molar-refractivity contribution in [3.05, 3.63) is 35.9 Å². The Morgan fingerprint density at radius 3 is 2.39 bits per heavy atom. The van der Waals surface area contributed by atoms with Crippen molar-refractivity contribution in [3.63, 3.8) is 0 Å². The third-order valence-electron chi connectivity index (χ3n) is 2.67. The Bertz CT molecular complexity index is 388. The second-order valence-electron chi connectivity index (χ2n) is 3.83. The van der Waals surface area contributed by atoms with Crippen molar-refractivity contribution >= 4 is 23.2 Å². The predicted molar refractivity (Wildman–Crippen MR) is 76.9 cm³/mol. The largest absolute Gasteiger partial charge is 0.470 e. The van der Waals surface area contributed by atoms with E-state index in [9.17, 15) is 4.79 Å². The minimum absolute atomic E-state index is 0.0814. The summed E-state index contributed by atoms with van der Waals surface area (Å²) in [5.41, 5.74) is 0.717. The number of ketones is 1. The first-order valence-electron chi connectivity index (χ1n) is 6.19. The quantitative estimate of drug-likeness (QED) is 0.584. The zero-order valence-corrected chi connectivity index (χ0v) is 11.7. The predicted octanol–water partition coefficient (Wildman–Crippen LogP) is 2.90. The molecule has 4 heteroatoms. The lowest BCUT2D eigenvalue weighted by atomic mass is 10.1. The fourth-order valence-electron chi connectivity index (χ4n) is 1.57. The summed E-state index contributed by atoms with van der Waals surface area (Å²) in [6.45, 7) is 6.02. The van der Waals surface area contributed by atoms with Crippen molar-refractivity contribution < 1.29 is 9.53 Å². The van der Waals surface area contributed by atoms with E-state index in [2.05, 4.69) is 0 Å². The maximum atomic E-state index is 11.8. The van der Waals surface area contributed by atoms with E-state index >= 15 is 0 Å². The molecule has 0 aliphatic heterocycles. The molecule has 3 nitrogen and oxygen atoms in total. The van der Waals surface area contributed by atoms with Gasteiger partial charge in [0.25, 0.3) is 5.17 Å². The van der Waals surface area contributed by atoms with E-state index in [1.807, 2.05) is 49.1 Å². The second kappa shape index (κ2) is 7.82. The Kier molecular flexibility index (Phi) is 6.36. The third-order valence-corrected chi connectivity index (χ3v) is 3.05. The van der Waals surface area contributed by atoms with Crippen LogP contribution in [0.25, 0.3) is 0 Å². The minimum atomic E-state index is 0.0814. The van der Waals surface area contributed by atoms with Gasteiger partial charge in [0.15, 0.2) is 5.78 Å². The van der Waals surface area contributed by atoms with Crippen LogP contribution >= 0.6 is 12.2 Å². The number of hydrogen-bond donors (Lipinski definition) is 0. The van der Waals surface area contributed by atoms with Gasteiger partial charge in [-0.15, -0.1) is 0 Å². The topological polar surface area (TPSA) is 29.5 Å². The maximum absolute atomic E-state index is 11.8. The SMILES string of the molecule is CCN(CC)C(=S)OCCC(=O)c1ccccc1. The molecular formula is C14H19NO2S. The van der Waals surface area contributed by atoms with Crippen LogP contribution in [0, 0.1) is 0 Å². The molecule has 0 bridgehead atoms. The number of Topliss-reactive ketones (excluding diaryl/α,β-unsaturated/α-hetero) is 1. The van der Waals surface area contributed by atoms with Crippen LogP contribution in [0.1, 0.15) is 30.6 Å². The zero-order valence-electron chi connectivity index (χ0n) is 10.9. The van der Waals surface area contributed by atoms with Gasteiger partial charge < -0.3 is 9.64 Å². The van der Waals surface area contributed by atoms with Crippen molar-refractivity contribution in [2.24, 2.45) is 0 Å². The lowest BCUT2D eigenvalue weighted by molar-refractivity contribution is 0.0955. The summed E-state index contributed by atoms with van der Waals surface area (Å²) in [4.78, 5) is 13.7. The first-order chi connectivity index (χ1) is 8.69. The lowest BCUT2D eigenvalue weighted by Gasteiger charge is -2.21. The zero-order chi connectivity index (χ0) is 13.4. The van der Waals surface area contributed by atoms with Crippen LogP contribution in [0.5, 0.6) is 0 Å². The van der Waals surface area contributed by atoms with Gasteiger partial charge in [0, 0.05) is 25.1 Å². The Morgan fingerprint density at radius 2 is 1.83 bits per heavy atom. The number of ether oxygens (including phenoxy) is 1. The van der Waals surface area contributed by atoms with Crippen LogP contribution in [0.2, 0.25) is 0 Å². The van der Waals surface area contributed by atoms with Gasteiger partial charge in [-0.3, -0.25) is 4.79 Å². The highest BCUT2D eigenvalue weighted by Gasteiger charge is 2.08. The van der Waals surface area contributed by atoms with Crippen molar-refractivity contribution in [1.29, 1.82) is 0 Å². The Morgan fingerprint density at radius 1 is 1.22 bits per heavy atom. The van der Waals surface area contributed by atoms with E-state index in [1.165, 1.54) is 0 Å². The van der Waals surface area contributed by atoms with E-state index in [4.69, 9.17) is 17.0 Å². The highest BCUT2D eigenvalue weighted by molar-refractivity contribution is 7.80. The average Bonchev–Trinajstić information content (AvgIpc) is 2.41. The number of nitrogens with zero attached hydrogens (tertiary/aromatic N) is 1. The highest BCUT2D eigenvalue weighted by atomic mass is 32.1. The number of hydrogen-bond acceptors (Lipinski definition) is 3. The van der Waals surface area contributed by atoms with Crippen LogP contribution in [0.3, 0.4) is 0 Å². The van der Waals surface area contributed by atoms with Crippen molar-refractivity contribution in [3.8, 4) is 0 Å². The molecule has 0 amide bonds. The summed E-state index contributed by atoms with van der Waals surface area (Å²) in [7, 11) is 0. The molecule has 1 rings (SSSR count). The van der Waals surface area contributed by atoms with E-state index in [1.54, 1.807) is 0 Å². The van der Waals surface area contributed by atoms with Crippen LogP contribution in [0.4, 0.5) is 0 Å². The maximum Gasteiger partial charge on any atom is 0.259 e. The molecule has 98 valence electrons. The summed E-state index contributed by atoms with van der Waals surface area (Å²) in [5, 5.41) is 0.473. The molecule has 0 aliphatic carbocycles. The van der Waals surface area contributed by atoms with Crippen LogP contribution < -0.4 is 0 Å². The van der Waals surface area contributed by atoms with Gasteiger partial charge in [-0.2, -0.15) is 0 Å². The lowest BCUT2D eigenvalue weighted by Crippen LogP contribution is -2.31. The standard InChI is InChI=1S/C14H19NO2S/c1-3-15(4-2)14(18)17-11-10-13(16)12-8-6-5-7-9-12/h5-9H,3-4,10-11H2,1-2H3. The normalized spacial score (nSPS) is 9.89. The second-order valence-corrected chi connectivity index (χ2v) is 4.18. The molecule has 0 aromatic heterocycles. The van der Waals surface area contributed by atoms with Crippen molar-refractivity contribution in [2.75, 3.05) is 19.7 Å². The number of benzene rings is 1. The Hall–Kier alpha value is -1.42. The van der Waals surface area contributed by atoms with Crippen molar-refractivity contribution in [2.45, 2.75) is 20.3 Å². The van der Waals surface area contributed by atoms with Crippen LogP contribution in [-0.4, -0.2) is 35.6 Å². The van der Waals surface area contributed by atoms with Gasteiger partial charge >= 0.3 is 0 Å². The van der Waals surface area contributed by atoms with Gasteiger partial charge in [-0.25, -0.2) is 0 Å². The number of carbonyl (C=O) groups excluding carboxylic acids is 1. The van der Waals surface area contributed by atoms with E-state index in [0.29, 0.717) is 18.2 Å². The number of carbonyl (C=O) groups is 1. The molecule has 0 aliphatic rings. The molecule has 1 aromatic carbocycles. The summed E-state index contributed by atoms with van der Waals surface area (Å²) in [5.74, 6) is 0.0814. The molecule has 0 radical (unpaired) electrons. The molecular weight excluding hydrogens is 246 g/mol. The smallest absolute Gasteiger partial charge is 0.259 e. The highest BCUT2D eigenvalue weighted by Crippen LogP contribution is 2.04. The molecule has 1 aromatic rings. The summed E-state index contributed by atoms with van der Waals surface area (Å²) < 4.78 is 5.41. The Labute approximate surface area is 114 Å². The Balaban J connectivity index is 2.34. The molecule has 0 saturated heterocycles. The fraction of sp³-hybridized carbons (Fsp3) is 0.429. The van der Waals surface area contributed by atoms with Gasteiger partial charge in [0.1, 0.15) is 0 Å². The molecule has 0 fully saturated rings. The van der Waals surface area contributed by atoms with E-state index in [0.717, 1.165) is 18.7 Å². The molecule has 0 unspecified atom stereocenters. The molecule has 0 saturated carbocycles. The summed E-state index contributed by atoms with van der Waals surface area (Å²) in [6.07, 6.45) is 0.353. The summed E-state index contributed by atoms with van der Waals surface area (Å²) >= 11 is 5.13. The summed E-state index contributed by atoms with van der Waals surface area (Å²) in [6, 6.07) is 9.22. The molecule has 0 atom stereocenters. The molecule has 18 heavy (non-hydrogen) atoms. The number of thiocarbonyl (C=S) groups is 1. The minimum Gasteiger partial charge on any atom is -0.470 e. The van der Waals surface area contributed by atoms with Gasteiger partial charge in [0.05, 0.1) is 6.61 Å². The van der Waals surface area contributed by atoms with Crippen molar-refractivity contribution in [1.82, 2.24) is 4.90 Å².